The molecular formula is C15H19N3. The third kappa shape index (κ3) is 2.35. The maximum Gasteiger partial charge on any atom is 0.135 e. The molecule has 3 nitrogen and oxygen atoms in total. The van der Waals surface area contributed by atoms with Gasteiger partial charge in [0.15, 0.2) is 0 Å². The Bertz CT molecular complexity index is 523. The molecule has 0 amide bonds. The normalized spacial score (nSPS) is 12.2. The van der Waals surface area contributed by atoms with Gasteiger partial charge in [0.25, 0.3) is 0 Å². The van der Waals surface area contributed by atoms with Gasteiger partial charge in [-0.3, -0.25) is 0 Å². The Morgan fingerprint density at radius 1 is 1.06 bits per heavy atom. The first-order chi connectivity index (χ1) is 8.61. The minimum Gasteiger partial charge on any atom is -0.353 e. The Morgan fingerprint density at radius 3 is 2.39 bits per heavy atom. The zero-order valence-corrected chi connectivity index (χ0v) is 11.4. The van der Waals surface area contributed by atoms with Crippen molar-refractivity contribution >= 4 is 5.82 Å². The van der Waals surface area contributed by atoms with E-state index in [0.29, 0.717) is 6.04 Å². The Morgan fingerprint density at radius 2 is 1.72 bits per heavy atom. The van der Waals surface area contributed by atoms with Gasteiger partial charge in [0.2, 0.25) is 0 Å². The second-order valence-corrected chi connectivity index (χ2v) is 4.61. The van der Waals surface area contributed by atoms with Gasteiger partial charge in [-0.05, 0) is 26.3 Å². The number of hydrogen-bond acceptors (Lipinski definition) is 3. The minimum atomic E-state index is 0.291. The first kappa shape index (κ1) is 12.6. The second-order valence-electron chi connectivity index (χ2n) is 4.61. The highest BCUT2D eigenvalue weighted by Crippen LogP contribution is 2.26. The van der Waals surface area contributed by atoms with Crippen molar-refractivity contribution in [3.63, 3.8) is 0 Å². The van der Waals surface area contributed by atoms with E-state index in [1.54, 1.807) is 6.33 Å². The zero-order chi connectivity index (χ0) is 13.1. The number of aromatic nitrogens is 2. The number of anilines is 1. The molecule has 0 unspecified atom stereocenters. The fraction of sp³-hybridized carbons (Fsp3) is 0.333. The van der Waals surface area contributed by atoms with Gasteiger partial charge < -0.3 is 4.90 Å². The zero-order valence-electron chi connectivity index (χ0n) is 11.4. The van der Waals surface area contributed by atoms with E-state index in [2.05, 4.69) is 60.0 Å². The van der Waals surface area contributed by atoms with Gasteiger partial charge in [-0.1, -0.05) is 30.3 Å². The number of aryl methyl sites for hydroxylation is 1. The number of benzene rings is 1. The van der Waals surface area contributed by atoms with Crippen molar-refractivity contribution in [3.8, 4) is 0 Å². The molecule has 1 aromatic carbocycles. The highest BCUT2D eigenvalue weighted by atomic mass is 15.2. The van der Waals surface area contributed by atoms with E-state index in [4.69, 9.17) is 0 Å². The maximum atomic E-state index is 4.40. The first-order valence-electron chi connectivity index (χ1n) is 6.17. The molecule has 0 saturated carbocycles. The van der Waals surface area contributed by atoms with Crippen LogP contribution in [0, 0.1) is 13.8 Å². The third-order valence-corrected chi connectivity index (χ3v) is 3.51. The van der Waals surface area contributed by atoms with Crippen LogP contribution in [0.15, 0.2) is 36.7 Å². The van der Waals surface area contributed by atoms with Crippen LogP contribution < -0.4 is 4.90 Å². The van der Waals surface area contributed by atoms with Crippen molar-refractivity contribution in [2.24, 2.45) is 0 Å². The van der Waals surface area contributed by atoms with Crippen LogP contribution in [-0.2, 0) is 0 Å². The summed E-state index contributed by atoms with van der Waals surface area (Å²) in [6.07, 6.45) is 1.63. The van der Waals surface area contributed by atoms with Crippen molar-refractivity contribution in [2.45, 2.75) is 26.8 Å². The quantitative estimate of drug-likeness (QED) is 0.825. The lowest BCUT2D eigenvalue weighted by Crippen LogP contribution is -2.23. The van der Waals surface area contributed by atoms with Gasteiger partial charge in [-0.25, -0.2) is 9.97 Å². The summed E-state index contributed by atoms with van der Waals surface area (Å²) in [5.74, 6) is 0.999. The summed E-state index contributed by atoms with van der Waals surface area (Å²) in [5, 5.41) is 0. The van der Waals surface area contributed by atoms with E-state index in [0.717, 1.165) is 17.1 Å². The largest absolute Gasteiger partial charge is 0.353 e. The monoisotopic (exact) mass is 241 g/mol. The summed E-state index contributed by atoms with van der Waals surface area (Å²) in [4.78, 5) is 10.8. The van der Waals surface area contributed by atoms with Crippen molar-refractivity contribution in [1.82, 2.24) is 9.97 Å². The highest BCUT2D eigenvalue weighted by Gasteiger charge is 2.15. The van der Waals surface area contributed by atoms with E-state index in [1.165, 1.54) is 5.56 Å². The van der Waals surface area contributed by atoms with Gasteiger partial charge in [0, 0.05) is 18.3 Å². The Balaban J connectivity index is 2.31. The average molecular weight is 241 g/mol. The van der Waals surface area contributed by atoms with Gasteiger partial charge in [0.1, 0.15) is 12.1 Å². The SMILES string of the molecule is Cc1ncnc(N(C)[C@H](C)c2ccccc2)c1C. The molecule has 0 aliphatic rings. The molecule has 1 aromatic heterocycles. The van der Waals surface area contributed by atoms with E-state index in [1.807, 2.05) is 13.0 Å². The van der Waals surface area contributed by atoms with Crippen LogP contribution in [0.5, 0.6) is 0 Å². The van der Waals surface area contributed by atoms with Crippen LogP contribution in [0.4, 0.5) is 5.82 Å². The molecule has 0 fully saturated rings. The molecule has 0 spiro atoms. The topological polar surface area (TPSA) is 29.0 Å². The van der Waals surface area contributed by atoms with Crippen molar-refractivity contribution in [1.29, 1.82) is 0 Å². The Labute approximate surface area is 109 Å². The summed E-state index contributed by atoms with van der Waals surface area (Å²) >= 11 is 0. The molecular weight excluding hydrogens is 222 g/mol. The van der Waals surface area contributed by atoms with E-state index < -0.39 is 0 Å². The lowest BCUT2D eigenvalue weighted by Gasteiger charge is -2.27. The van der Waals surface area contributed by atoms with Gasteiger partial charge in [0.05, 0.1) is 6.04 Å². The van der Waals surface area contributed by atoms with Crippen LogP contribution in [0.1, 0.15) is 29.8 Å². The van der Waals surface area contributed by atoms with Crippen LogP contribution in [0.25, 0.3) is 0 Å². The van der Waals surface area contributed by atoms with Gasteiger partial charge >= 0.3 is 0 Å². The minimum absolute atomic E-state index is 0.291. The van der Waals surface area contributed by atoms with E-state index >= 15 is 0 Å². The average Bonchev–Trinajstić information content (AvgIpc) is 2.41. The fourth-order valence-electron chi connectivity index (χ4n) is 2.02. The predicted octanol–water partition coefficient (Wildman–Crippen LogP) is 3.29. The molecule has 94 valence electrons. The third-order valence-electron chi connectivity index (χ3n) is 3.51. The molecule has 1 atom stereocenters. The molecule has 0 aliphatic carbocycles. The fourth-order valence-corrected chi connectivity index (χ4v) is 2.02. The first-order valence-corrected chi connectivity index (χ1v) is 6.17. The Kier molecular flexibility index (Phi) is 3.60. The molecule has 0 aliphatic heterocycles. The van der Waals surface area contributed by atoms with Gasteiger partial charge in [-0.15, -0.1) is 0 Å². The highest BCUT2D eigenvalue weighted by molar-refractivity contribution is 5.48. The Hall–Kier alpha value is -1.90. The van der Waals surface area contributed by atoms with Crippen LogP contribution >= 0.6 is 0 Å². The standard InChI is InChI=1S/C15H19N3/c1-11-12(2)16-10-17-15(11)18(4)13(3)14-8-6-5-7-9-14/h5-10,13H,1-4H3/t13-/m1/s1. The molecule has 18 heavy (non-hydrogen) atoms. The smallest absolute Gasteiger partial charge is 0.135 e. The molecule has 0 radical (unpaired) electrons. The van der Waals surface area contributed by atoms with E-state index in [-0.39, 0.29) is 0 Å². The van der Waals surface area contributed by atoms with Crippen molar-refractivity contribution < 1.29 is 0 Å². The lowest BCUT2D eigenvalue weighted by atomic mass is 10.1. The predicted molar refractivity (Wildman–Crippen MR) is 74.8 cm³/mol. The molecule has 3 heteroatoms. The molecule has 1 heterocycles. The number of hydrogen-bond donors (Lipinski definition) is 0. The van der Waals surface area contributed by atoms with Crippen LogP contribution in [0.3, 0.4) is 0 Å². The maximum absolute atomic E-state index is 4.40. The summed E-state index contributed by atoms with van der Waals surface area (Å²) in [5.41, 5.74) is 3.46. The van der Waals surface area contributed by atoms with E-state index in [9.17, 15) is 0 Å². The summed E-state index contributed by atoms with van der Waals surface area (Å²) in [7, 11) is 2.08. The van der Waals surface area contributed by atoms with Crippen LogP contribution in [0.2, 0.25) is 0 Å². The summed E-state index contributed by atoms with van der Waals surface area (Å²) < 4.78 is 0. The lowest BCUT2D eigenvalue weighted by molar-refractivity contribution is 0.722. The molecule has 0 bridgehead atoms. The molecule has 2 rings (SSSR count). The molecule has 0 N–H and O–H groups in total. The van der Waals surface area contributed by atoms with Crippen LogP contribution in [-0.4, -0.2) is 17.0 Å². The van der Waals surface area contributed by atoms with Crippen molar-refractivity contribution in [2.75, 3.05) is 11.9 Å². The number of rotatable bonds is 3. The van der Waals surface area contributed by atoms with Gasteiger partial charge in [-0.2, -0.15) is 0 Å². The molecule has 2 aromatic rings. The summed E-state index contributed by atoms with van der Waals surface area (Å²) in [6, 6.07) is 10.8. The van der Waals surface area contributed by atoms with Crippen molar-refractivity contribution in [3.05, 3.63) is 53.5 Å². The number of nitrogens with zero attached hydrogens (tertiary/aromatic N) is 3. The summed E-state index contributed by atoms with van der Waals surface area (Å²) in [6.45, 7) is 6.27. The molecule has 0 saturated heterocycles. The second kappa shape index (κ2) is 5.17.